The number of likely N-dealkylation sites (tertiary alicyclic amines) is 1. The molecule has 0 atom stereocenters. The summed E-state index contributed by atoms with van der Waals surface area (Å²) in [4.78, 5) is 19.5. The van der Waals surface area contributed by atoms with Crippen LogP contribution in [0.25, 0.3) is 16.6 Å². The Bertz CT molecular complexity index is 1750. The average molecular weight is 552 g/mol. The Morgan fingerprint density at radius 1 is 1.05 bits per heavy atom. The van der Waals surface area contributed by atoms with Crippen LogP contribution in [-0.4, -0.2) is 52.6 Å². The van der Waals surface area contributed by atoms with Gasteiger partial charge in [0.05, 0.1) is 23.1 Å². The summed E-state index contributed by atoms with van der Waals surface area (Å²) in [5.74, 6) is 1.24. The van der Waals surface area contributed by atoms with Gasteiger partial charge in [-0.15, -0.1) is 0 Å². The Kier molecular flexibility index (Phi) is 7.09. The number of benzene rings is 3. The Balaban J connectivity index is 1.28. The van der Waals surface area contributed by atoms with E-state index in [9.17, 15) is 9.18 Å². The number of nitrogens with zero attached hydrogens (tertiary/aromatic N) is 3. The predicted octanol–water partition coefficient (Wildman–Crippen LogP) is 6.98. The first-order valence-electron chi connectivity index (χ1n) is 14.0. The van der Waals surface area contributed by atoms with Crippen molar-refractivity contribution in [3.63, 3.8) is 0 Å². The smallest absolute Gasteiger partial charge is 0.214 e. The van der Waals surface area contributed by atoms with E-state index in [4.69, 9.17) is 4.74 Å². The molecule has 8 heteroatoms. The number of aromatic amines is 1. The molecule has 1 saturated heterocycles. The zero-order valence-corrected chi connectivity index (χ0v) is 23.8. The van der Waals surface area contributed by atoms with Crippen LogP contribution in [0, 0.1) is 19.7 Å². The van der Waals surface area contributed by atoms with E-state index in [0.29, 0.717) is 28.7 Å². The average Bonchev–Trinajstić information content (AvgIpc) is 3.58. The lowest BCUT2D eigenvalue weighted by Gasteiger charge is -2.30. The summed E-state index contributed by atoms with van der Waals surface area (Å²) < 4.78 is 21.5. The van der Waals surface area contributed by atoms with Crippen molar-refractivity contribution in [3.05, 3.63) is 101 Å². The molecule has 2 N–H and O–H groups in total. The molecule has 1 fully saturated rings. The molecule has 6 rings (SSSR count). The van der Waals surface area contributed by atoms with Crippen LogP contribution in [0.3, 0.4) is 0 Å². The monoisotopic (exact) mass is 551 g/mol. The van der Waals surface area contributed by atoms with E-state index >= 15 is 0 Å². The first-order chi connectivity index (χ1) is 19.8. The van der Waals surface area contributed by atoms with Gasteiger partial charge < -0.3 is 19.9 Å². The fourth-order valence-corrected chi connectivity index (χ4v) is 5.86. The molecule has 0 spiro atoms. The second-order valence-electron chi connectivity index (χ2n) is 10.9. The number of halogens is 1. The lowest BCUT2D eigenvalue weighted by molar-refractivity contribution is 0.103. The number of para-hydroxylation sites is 1. The quantitative estimate of drug-likeness (QED) is 0.213. The lowest BCUT2D eigenvalue weighted by Crippen LogP contribution is -2.29. The van der Waals surface area contributed by atoms with Crippen LogP contribution >= 0.6 is 0 Å². The molecule has 0 radical (unpaired) electrons. The Morgan fingerprint density at radius 3 is 2.56 bits per heavy atom. The number of aromatic nitrogens is 3. The number of anilines is 1. The molecule has 0 saturated carbocycles. The van der Waals surface area contributed by atoms with E-state index in [0.717, 1.165) is 48.1 Å². The highest BCUT2D eigenvalue weighted by atomic mass is 19.1. The number of rotatable bonds is 7. The zero-order chi connectivity index (χ0) is 28.7. The minimum Gasteiger partial charge on any atom is -0.454 e. The number of H-pyrrole nitrogens is 1. The number of ketones is 1. The van der Waals surface area contributed by atoms with Crippen LogP contribution < -0.4 is 10.1 Å². The summed E-state index contributed by atoms with van der Waals surface area (Å²) in [5, 5.41) is 8.75. The molecule has 0 bridgehead atoms. The van der Waals surface area contributed by atoms with Gasteiger partial charge in [-0.1, -0.05) is 12.1 Å². The Morgan fingerprint density at radius 2 is 1.83 bits per heavy atom. The van der Waals surface area contributed by atoms with Gasteiger partial charge in [0.25, 0.3) is 0 Å². The number of carbonyl (C=O) groups is 1. The largest absolute Gasteiger partial charge is 0.454 e. The first-order valence-corrected chi connectivity index (χ1v) is 14.0. The fourth-order valence-electron chi connectivity index (χ4n) is 5.86. The van der Waals surface area contributed by atoms with Gasteiger partial charge in [0.15, 0.2) is 11.6 Å². The van der Waals surface area contributed by atoms with Crippen LogP contribution in [-0.2, 0) is 0 Å². The van der Waals surface area contributed by atoms with Crippen LogP contribution in [0.2, 0.25) is 0 Å². The van der Waals surface area contributed by atoms with Crippen LogP contribution in [0.1, 0.15) is 51.5 Å². The SMILES string of the molecule is CNc1c(C(=O)c2cc3cc(C)c(C4CCN(C)CC4)cc3[nH]2)cnn1-c1ccc(Oc2ccccc2F)cc1C. The van der Waals surface area contributed by atoms with Crippen LogP contribution in [0.15, 0.2) is 66.9 Å². The van der Waals surface area contributed by atoms with Gasteiger partial charge >= 0.3 is 0 Å². The predicted molar refractivity (Wildman–Crippen MR) is 160 cm³/mol. The Hall–Kier alpha value is -4.43. The van der Waals surface area contributed by atoms with Gasteiger partial charge in [-0.2, -0.15) is 5.10 Å². The summed E-state index contributed by atoms with van der Waals surface area (Å²) in [6, 6.07) is 18.1. The standard InChI is InChI=1S/C33H34FN5O2/c1-20-15-23-17-29(37-28(23)18-25(20)22-11-13-38(4)14-12-22)32(40)26-19-36-39(33(26)35-3)30-10-9-24(16-21(30)2)41-31-8-6-5-7-27(31)34/h5-10,15-19,22,35,37H,11-14H2,1-4H3. The van der Waals surface area contributed by atoms with Crippen molar-refractivity contribution >= 4 is 22.5 Å². The molecule has 1 aliphatic heterocycles. The summed E-state index contributed by atoms with van der Waals surface area (Å²) in [5.41, 5.74) is 6.26. The molecule has 3 heterocycles. The van der Waals surface area contributed by atoms with E-state index in [2.05, 4.69) is 46.4 Å². The van der Waals surface area contributed by atoms with Crippen LogP contribution in [0.5, 0.6) is 11.5 Å². The second-order valence-corrected chi connectivity index (χ2v) is 10.9. The molecule has 0 unspecified atom stereocenters. The third-order valence-electron chi connectivity index (χ3n) is 8.12. The highest BCUT2D eigenvalue weighted by Crippen LogP contribution is 2.34. The molecule has 5 aromatic rings. The van der Waals surface area contributed by atoms with Crippen molar-refractivity contribution in [3.8, 4) is 17.2 Å². The number of fused-ring (bicyclic) bond motifs is 1. The molecular weight excluding hydrogens is 517 g/mol. The van der Waals surface area contributed by atoms with Crippen molar-refractivity contribution in [2.24, 2.45) is 0 Å². The lowest BCUT2D eigenvalue weighted by atomic mass is 9.86. The maximum absolute atomic E-state index is 14.1. The first kappa shape index (κ1) is 26.8. The summed E-state index contributed by atoms with van der Waals surface area (Å²) in [7, 11) is 3.95. The number of aryl methyl sites for hydroxylation is 2. The maximum atomic E-state index is 14.1. The second kappa shape index (κ2) is 10.9. The summed E-state index contributed by atoms with van der Waals surface area (Å²) in [6.45, 7) is 6.30. The Labute approximate surface area is 238 Å². The third-order valence-corrected chi connectivity index (χ3v) is 8.12. The van der Waals surface area contributed by atoms with Gasteiger partial charge in [0, 0.05) is 18.0 Å². The number of ether oxygens (including phenoxy) is 1. The zero-order valence-electron chi connectivity index (χ0n) is 23.8. The fraction of sp³-hybridized carbons (Fsp3) is 0.273. The van der Waals surface area contributed by atoms with E-state index in [-0.39, 0.29) is 11.5 Å². The van der Waals surface area contributed by atoms with Crippen LogP contribution in [0.4, 0.5) is 10.2 Å². The van der Waals surface area contributed by atoms with Gasteiger partial charge in [-0.25, -0.2) is 9.07 Å². The topological polar surface area (TPSA) is 75.2 Å². The van der Waals surface area contributed by atoms with Crippen molar-refractivity contribution < 1.29 is 13.9 Å². The molecule has 2 aromatic heterocycles. The van der Waals surface area contributed by atoms with E-state index in [1.807, 2.05) is 25.1 Å². The molecular formula is C33H34FN5O2. The molecule has 3 aromatic carbocycles. The number of hydrogen-bond donors (Lipinski definition) is 2. The van der Waals surface area contributed by atoms with Gasteiger partial charge in [-0.05, 0) is 118 Å². The molecule has 1 aliphatic rings. The van der Waals surface area contributed by atoms with Crippen molar-refractivity contribution in [1.82, 2.24) is 19.7 Å². The van der Waals surface area contributed by atoms with Crippen molar-refractivity contribution in [2.45, 2.75) is 32.6 Å². The number of carbonyl (C=O) groups excluding carboxylic acids is 1. The summed E-state index contributed by atoms with van der Waals surface area (Å²) >= 11 is 0. The molecule has 7 nitrogen and oxygen atoms in total. The minimum absolute atomic E-state index is 0.132. The van der Waals surface area contributed by atoms with E-state index in [1.54, 1.807) is 42.2 Å². The minimum atomic E-state index is -0.424. The van der Waals surface area contributed by atoms with Gasteiger partial charge in [-0.3, -0.25) is 4.79 Å². The molecule has 0 aliphatic carbocycles. The number of hydrogen-bond acceptors (Lipinski definition) is 5. The van der Waals surface area contributed by atoms with Gasteiger partial charge in [0.2, 0.25) is 5.78 Å². The van der Waals surface area contributed by atoms with E-state index < -0.39 is 5.82 Å². The number of piperidine rings is 1. The molecule has 210 valence electrons. The highest BCUT2D eigenvalue weighted by Gasteiger charge is 2.24. The highest BCUT2D eigenvalue weighted by molar-refractivity contribution is 6.12. The third kappa shape index (κ3) is 5.11. The normalized spacial score (nSPS) is 14.5. The summed E-state index contributed by atoms with van der Waals surface area (Å²) in [6.07, 6.45) is 3.89. The molecule has 41 heavy (non-hydrogen) atoms. The maximum Gasteiger partial charge on any atom is 0.214 e. The van der Waals surface area contributed by atoms with Gasteiger partial charge in [0.1, 0.15) is 11.6 Å². The number of nitrogens with one attached hydrogen (secondary N) is 2. The van der Waals surface area contributed by atoms with Crippen molar-refractivity contribution in [2.75, 3.05) is 32.5 Å². The molecule has 0 amide bonds. The van der Waals surface area contributed by atoms with Crippen molar-refractivity contribution in [1.29, 1.82) is 0 Å². The van der Waals surface area contributed by atoms with E-state index in [1.165, 1.54) is 17.2 Å².